The van der Waals surface area contributed by atoms with Gasteiger partial charge < -0.3 is 9.47 Å². The van der Waals surface area contributed by atoms with Crippen molar-refractivity contribution in [1.29, 1.82) is 5.26 Å². The Labute approximate surface area is 313 Å². The number of para-hydroxylation sites is 1. The van der Waals surface area contributed by atoms with Crippen LogP contribution in [-0.2, 0) is 29.5 Å². The highest BCUT2D eigenvalue weighted by molar-refractivity contribution is 7.89. The number of sulfonamides is 1. The number of hydrogen-bond acceptors (Lipinski definition) is 9. The van der Waals surface area contributed by atoms with Crippen molar-refractivity contribution in [2.75, 3.05) is 23.0 Å². The van der Waals surface area contributed by atoms with E-state index in [9.17, 15) is 23.3 Å². The van der Waals surface area contributed by atoms with E-state index in [1.165, 1.54) is 43.4 Å². The van der Waals surface area contributed by atoms with Gasteiger partial charge in [-0.25, -0.2) is 23.1 Å². The van der Waals surface area contributed by atoms with Gasteiger partial charge >= 0.3 is 0 Å². The molecule has 2 amide bonds. The van der Waals surface area contributed by atoms with Crippen LogP contribution >= 0.6 is 11.3 Å². The fourth-order valence-electron chi connectivity index (χ4n) is 8.91. The molecule has 0 radical (unpaired) electrons. The Bertz CT molecular complexity index is 2380. The van der Waals surface area contributed by atoms with E-state index in [2.05, 4.69) is 25.7 Å². The summed E-state index contributed by atoms with van der Waals surface area (Å²) in [7, 11) is -3.90. The van der Waals surface area contributed by atoms with E-state index in [1.807, 2.05) is 54.3 Å². The van der Waals surface area contributed by atoms with Gasteiger partial charge in [0.15, 0.2) is 5.13 Å². The maximum absolute atomic E-state index is 13.7. The van der Waals surface area contributed by atoms with E-state index in [-0.39, 0.29) is 17.0 Å². The molecule has 2 aromatic carbocycles. The van der Waals surface area contributed by atoms with Crippen LogP contribution in [0, 0.1) is 29.6 Å². The molecule has 5 aromatic rings. The summed E-state index contributed by atoms with van der Waals surface area (Å²) in [6, 6.07) is 21.2. The lowest BCUT2D eigenvalue weighted by Crippen LogP contribution is -2.37. The van der Waals surface area contributed by atoms with Gasteiger partial charge in [0.05, 0.1) is 16.5 Å². The van der Waals surface area contributed by atoms with Crippen LogP contribution in [0.2, 0.25) is 0 Å². The number of pyridine rings is 1. The number of nitrogens with one attached hydrogen (secondary N) is 2. The number of benzene rings is 2. The minimum Gasteiger partial charge on any atom is -0.352 e. The van der Waals surface area contributed by atoms with Gasteiger partial charge in [0.2, 0.25) is 10.0 Å². The Balaban J connectivity index is 1.12. The van der Waals surface area contributed by atoms with Crippen LogP contribution in [0.4, 0.5) is 10.9 Å². The molecule has 3 aromatic heterocycles. The predicted octanol–water partition coefficient (Wildman–Crippen LogP) is 7.20. The third kappa shape index (κ3) is 6.93. The molecule has 4 heterocycles. The number of thiazole rings is 1. The number of nitriles is 1. The largest absolute Gasteiger partial charge is 0.352 e. The monoisotopic (exact) mass is 747 g/mol. The molecule has 8 rings (SSSR count). The molecule has 2 fully saturated rings. The molecular weight excluding hydrogens is 707 g/mol. The number of rotatable bonds is 8. The van der Waals surface area contributed by atoms with Gasteiger partial charge in [-0.15, -0.1) is 0 Å². The van der Waals surface area contributed by atoms with Gasteiger partial charge in [-0.2, -0.15) is 5.26 Å². The minimum absolute atomic E-state index is 0.0427. The van der Waals surface area contributed by atoms with Crippen LogP contribution in [0.3, 0.4) is 0 Å². The molecule has 2 saturated carbocycles. The summed E-state index contributed by atoms with van der Waals surface area (Å²) in [5.41, 5.74) is 5.86. The Morgan fingerprint density at radius 2 is 1.81 bits per heavy atom. The lowest BCUT2D eigenvalue weighted by molar-refractivity contribution is 0.0589. The Morgan fingerprint density at radius 3 is 2.57 bits per heavy atom. The van der Waals surface area contributed by atoms with Gasteiger partial charge in [0.1, 0.15) is 23.3 Å². The number of hydrogen-bond donors (Lipinski definition) is 2. The van der Waals surface area contributed by atoms with Crippen molar-refractivity contribution >= 4 is 54.3 Å². The number of nitrogens with zero attached hydrogens (tertiary/aromatic N) is 5. The molecule has 0 saturated heterocycles. The molecule has 0 unspecified atom stereocenters. The summed E-state index contributed by atoms with van der Waals surface area (Å²) >= 11 is 1.42. The van der Waals surface area contributed by atoms with Gasteiger partial charge in [0.25, 0.3) is 11.8 Å². The smallest absolute Gasteiger partial charge is 0.284 e. The van der Waals surface area contributed by atoms with Crippen molar-refractivity contribution in [1.82, 2.24) is 19.3 Å². The van der Waals surface area contributed by atoms with Gasteiger partial charge in [-0.3, -0.25) is 14.9 Å². The second kappa shape index (κ2) is 13.7. The molecule has 2 N–H and O–H groups in total. The topological polar surface area (TPSA) is 150 Å². The molecule has 1 aliphatic heterocycles. The van der Waals surface area contributed by atoms with Crippen LogP contribution in [0.1, 0.15) is 88.3 Å². The van der Waals surface area contributed by atoms with Crippen LogP contribution in [-0.4, -0.2) is 47.6 Å². The first-order valence-corrected chi connectivity index (χ1v) is 20.9. The second-order valence-corrected chi connectivity index (χ2v) is 17.7. The van der Waals surface area contributed by atoms with Crippen molar-refractivity contribution in [3.05, 3.63) is 94.4 Å². The number of carbonyl (C=O) groups excluding carboxylic acids is 2. The molecule has 2 aliphatic carbocycles. The van der Waals surface area contributed by atoms with Crippen molar-refractivity contribution in [2.45, 2.75) is 71.4 Å². The normalized spacial score (nSPS) is 19.7. The van der Waals surface area contributed by atoms with Gasteiger partial charge in [0, 0.05) is 42.0 Å². The van der Waals surface area contributed by atoms with Crippen LogP contribution in [0.15, 0.2) is 60.7 Å². The summed E-state index contributed by atoms with van der Waals surface area (Å²) in [5.74, 6) is 0.118. The van der Waals surface area contributed by atoms with Crippen molar-refractivity contribution in [3.63, 3.8) is 0 Å². The SMILES string of the molecule is Cc1c(-c2ccc(N3CCc4cccc(C(=O)Nc5nc6ccccc6s5)c4C3)nc2C(=O)NS(C)(=O)=O)cc(C#N)n1CC12CCCC(CCC1)C2. The highest BCUT2D eigenvalue weighted by Crippen LogP contribution is 2.50. The van der Waals surface area contributed by atoms with E-state index in [4.69, 9.17) is 4.98 Å². The molecule has 13 heteroatoms. The zero-order valence-corrected chi connectivity index (χ0v) is 31.4. The van der Waals surface area contributed by atoms with E-state index >= 15 is 0 Å². The highest BCUT2D eigenvalue weighted by Gasteiger charge is 2.40. The summed E-state index contributed by atoms with van der Waals surface area (Å²) in [4.78, 5) is 38.7. The maximum Gasteiger partial charge on any atom is 0.284 e. The first-order valence-electron chi connectivity index (χ1n) is 18.2. The number of amides is 2. The number of aromatic nitrogens is 3. The van der Waals surface area contributed by atoms with Crippen LogP contribution in [0.25, 0.3) is 21.3 Å². The zero-order chi connectivity index (χ0) is 36.9. The highest BCUT2D eigenvalue weighted by atomic mass is 32.2. The third-order valence-corrected chi connectivity index (χ3v) is 12.9. The number of fused-ring (bicyclic) bond motifs is 4. The lowest BCUT2D eigenvalue weighted by atomic mass is 9.62. The maximum atomic E-state index is 13.7. The molecule has 0 spiro atoms. The summed E-state index contributed by atoms with van der Waals surface area (Å²) < 4.78 is 29.8. The Hall–Kier alpha value is -5.06. The van der Waals surface area contributed by atoms with Gasteiger partial charge in [-0.05, 0) is 91.5 Å². The first kappa shape index (κ1) is 35.0. The van der Waals surface area contributed by atoms with E-state index in [0.29, 0.717) is 52.8 Å². The van der Waals surface area contributed by atoms with E-state index < -0.39 is 15.9 Å². The number of anilines is 2. The Morgan fingerprint density at radius 1 is 1.02 bits per heavy atom. The molecule has 2 bridgehead atoms. The fourth-order valence-corrected chi connectivity index (χ4v) is 10.2. The average Bonchev–Trinajstić information content (AvgIpc) is 3.69. The van der Waals surface area contributed by atoms with Gasteiger partial charge in [-0.1, -0.05) is 61.3 Å². The van der Waals surface area contributed by atoms with Crippen molar-refractivity contribution in [2.24, 2.45) is 11.3 Å². The van der Waals surface area contributed by atoms with E-state index in [0.717, 1.165) is 58.6 Å². The Kier molecular flexibility index (Phi) is 9.07. The van der Waals surface area contributed by atoms with E-state index in [1.54, 1.807) is 18.2 Å². The van der Waals surface area contributed by atoms with Crippen LogP contribution in [0.5, 0.6) is 0 Å². The zero-order valence-electron chi connectivity index (χ0n) is 29.8. The quantitative estimate of drug-likeness (QED) is 0.169. The molecule has 272 valence electrons. The lowest BCUT2D eigenvalue weighted by Gasteiger charge is -2.46. The molecule has 53 heavy (non-hydrogen) atoms. The molecular formula is C40H41N7O4S2. The predicted molar refractivity (Wildman–Crippen MR) is 206 cm³/mol. The average molecular weight is 748 g/mol. The molecule has 11 nitrogen and oxygen atoms in total. The van der Waals surface area contributed by atoms with Crippen molar-refractivity contribution in [3.8, 4) is 17.2 Å². The van der Waals surface area contributed by atoms with Crippen molar-refractivity contribution < 1.29 is 18.0 Å². The molecule has 3 aliphatic rings. The minimum atomic E-state index is -3.90. The standard InChI is InChI=1S/C40H41N7O4S2/c1-25-31(20-28(22-41)47(25)24-40-17-6-8-26(21-40)9-7-18-40)29-14-15-35(43-36(29)38(49)45-53(2,50)51)46-19-16-27-10-5-11-30(32(27)23-46)37(48)44-39-42-33-12-3-4-13-34(33)52-39/h3-5,10-15,20,26H,6-9,16-19,21,23-24H2,1-2H3,(H,45,49)(H,42,44,48). The second-order valence-electron chi connectivity index (χ2n) is 14.9. The summed E-state index contributed by atoms with van der Waals surface area (Å²) in [6.07, 6.45) is 10.0. The summed E-state index contributed by atoms with van der Waals surface area (Å²) in [6.45, 7) is 3.64. The van der Waals surface area contributed by atoms with Crippen LogP contribution < -0.4 is 14.9 Å². The molecule has 0 atom stereocenters. The first-order chi connectivity index (χ1) is 25.5. The summed E-state index contributed by atoms with van der Waals surface area (Å²) in [5, 5.41) is 13.8. The third-order valence-electron chi connectivity index (χ3n) is 11.4. The fraction of sp³-hybridized carbons (Fsp3) is 0.375. The number of carbonyl (C=O) groups is 2.